The van der Waals surface area contributed by atoms with Gasteiger partial charge in [-0.2, -0.15) is 0 Å². The van der Waals surface area contributed by atoms with Gasteiger partial charge < -0.3 is 10.5 Å². The average molecular weight is 334 g/mol. The molecule has 5 nitrogen and oxygen atoms in total. The van der Waals surface area contributed by atoms with Crippen molar-refractivity contribution in [3.8, 4) is 5.75 Å². The smallest absolute Gasteiger partial charge is 0.262 e. The summed E-state index contributed by atoms with van der Waals surface area (Å²) in [4.78, 5) is 26.9. The van der Waals surface area contributed by atoms with Crippen molar-refractivity contribution in [3.05, 3.63) is 76.7 Å². The first-order valence-electron chi connectivity index (χ1n) is 8.21. The first kappa shape index (κ1) is 15.4. The van der Waals surface area contributed by atoms with Crippen molar-refractivity contribution in [1.82, 2.24) is 4.90 Å². The predicted molar refractivity (Wildman–Crippen MR) is 92.4 cm³/mol. The standard InChI is InChI=1S/C20H18N2O3/c1-12-7-8-16-14(9-12)15-10-17(23)22(11-13-5-3-2-4-6-13)20(24)18(15)19(21)25-16/h2-9,15H,10-11,21H2,1H3. The number of carbonyl (C=O) groups is 2. The zero-order chi connectivity index (χ0) is 17.6. The van der Waals surface area contributed by atoms with E-state index in [4.69, 9.17) is 10.5 Å². The largest absolute Gasteiger partial charge is 0.441 e. The second-order valence-corrected chi connectivity index (χ2v) is 6.45. The summed E-state index contributed by atoms with van der Waals surface area (Å²) in [6.07, 6.45) is 0.217. The number of ether oxygens (including phenoxy) is 1. The van der Waals surface area contributed by atoms with Crippen LogP contribution in [-0.2, 0) is 16.1 Å². The summed E-state index contributed by atoms with van der Waals surface area (Å²) in [5.74, 6) is -0.180. The summed E-state index contributed by atoms with van der Waals surface area (Å²) < 4.78 is 5.66. The molecule has 2 aromatic carbocycles. The minimum absolute atomic E-state index is 0.0944. The number of rotatable bonds is 2. The van der Waals surface area contributed by atoms with Crippen LogP contribution in [0.1, 0.15) is 29.0 Å². The molecule has 2 aliphatic heterocycles. The molecule has 0 spiro atoms. The van der Waals surface area contributed by atoms with Gasteiger partial charge in [0.25, 0.3) is 5.91 Å². The number of piperidine rings is 1. The highest BCUT2D eigenvalue weighted by molar-refractivity contribution is 6.09. The van der Waals surface area contributed by atoms with E-state index in [0.29, 0.717) is 11.3 Å². The monoisotopic (exact) mass is 334 g/mol. The molecule has 4 rings (SSSR count). The lowest BCUT2D eigenvalue weighted by Gasteiger charge is -2.36. The van der Waals surface area contributed by atoms with Crippen molar-refractivity contribution in [1.29, 1.82) is 0 Å². The fourth-order valence-corrected chi connectivity index (χ4v) is 3.47. The quantitative estimate of drug-likeness (QED) is 0.857. The van der Waals surface area contributed by atoms with E-state index in [2.05, 4.69) is 0 Å². The van der Waals surface area contributed by atoms with Crippen LogP contribution in [-0.4, -0.2) is 16.7 Å². The van der Waals surface area contributed by atoms with Gasteiger partial charge in [-0.1, -0.05) is 48.0 Å². The normalized spacial score (nSPS) is 19.4. The lowest BCUT2D eigenvalue weighted by molar-refractivity contribution is -0.146. The summed E-state index contributed by atoms with van der Waals surface area (Å²) in [6.45, 7) is 2.21. The number of carbonyl (C=O) groups excluding carboxylic acids is 2. The van der Waals surface area contributed by atoms with Gasteiger partial charge in [-0.15, -0.1) is 0 Å². The molecule has 126 valence electrons. The Morgan fingerprint density at radius 3 is 2.68 bits per heavy atom. The predicted octanol–water partition coefficient (Wildman–Crippen LogP) is 2.60. The number of amides is 2. The third-order valence-electron chi connectivity index (χ3n) is 4.71. The van der Waals surface area contributed by atoms with Gasteiger partial charge in [-0.05, 0) is 18.6 Å². The Bertz CT molecular complexity index is 902. The second kappa shape index (κ2) is 5.77. The molecule has 1 unspecified atom stereocenters. The first-order valence-corrected chi connectivity index (χ1v) is 8.21. The van der Waals surface area contributed by atoms with E-state index in [0.717, 1.165) is 16.7 Å². The van der Waals surface area contributed by atoms with Gasteiger partial charge in [0.2, 0.25) is 5.91 Å². The molecular weight excluding hydrogens is 316 g/mol. The SMILES string of the molecule is Cc1ccc2c(c1)C1CC(=O)N(Cc3ccccc3)C(=O)C1=C(N)O2. The molecule has 0 bridgehead atoms. The molecule has 1 atom stereocenters. The number of aryl methyl sites for hydroxylation is 1. The van der Waals surface area contributed by atoms with Crippen LogP contribution in [0.3, 0.4) is 0 Å². The van der Waals surface area contributed by atoms with Gasteiger partial charge in [-0.25, -0.2) is 0 Å². The topological polar surface area (TPSA) is 72.6 Å². The molecule has 0 radical (unpaired) electrons. The highest BCUT2D eigenvalue weighted by Crippen LogP contribution is 2.43. The van der Waals surface area contributed by atoms with Crippen LogP contribution < -0.4 is 10.5 Å². The number of nitrogens with zero attached hydrogens (tertiary/aromatic N) is 1. The average Bonchev–Trinajstić information content (AvgIpc) is 2.60. The molecule has 0 saturated carbocycles. The van der Waals surface area contributed by atoms with Crippen molar-refractivity contribution >= 4 is 11.8 Å². The van der Waals surface area contributed by atoms with Crippen LogP contribution >= 0.6 is 0 Å². The molecule has 2 aliphatic rings. The van der Waals surface area contributed by atoms with E-state index in [1.165, 1.54) is 4.90 Å². The van der Waals surface area contributed by atoms with E-state index in [9.17, 15) is 9.59 Å². The lowest BCUT2D eigenvalue weighted by atomic mass is 9.81. The fourth-order valence-electron chi connectivity index (χ4n) is 3.47. The van der Waals surface area contributed by atoms with Crippen molar-refractivity contribution in [3.63, 3.8) is 0 Å². The third kappa shape index (κ3) is 2.58. The van der Waals surface area contributed by atoms with Crippen molar-refractivity contribution in [2.45, 2.75) is 25.8 Å². The maximum absolute atomic E-state index is 13.0. The van der Waals surface area contributed by atoms with Crippen LogP contribution in [0, 0.1) is 6.92 Å². The number of fused-ring (bicyclic) bond motifs is 3. The number of hydrogen-bond acceptors (Lipinski definition) is 4. The Morgan fingerprint density at radius 2 is 1.92 bits per heavy atom. The molecular formula is C20H18N2O3. The maximum Gasteiger partial charge on any atom is 0.262 e. The molecule has 1 fully saturated rings. The molecule has 25 heavy (non-hydrogen) atoms. The van der Waals surface area contributed by atoms with Crippen LogP contribution in [0.4, 0.5) is 0 Å². The Labute approximate surface area is 145 Å². The van der Waals surface area contributed by atoms with Gasteiger partial charge >= 0.3 is 0 Å². The van der Waals surface area contributed by atoms with E-state index >= 15 is 0 Å². The zero-order valence-corrected chi connectivity index (χ0v) is 13.9. The van der Waals surface area contributed by atoms with Crippen molar-refractivity contribution in [2.24, 2.45) is 5.73 Å². The Hall–Kier alpha value is -3.08. The molecule has 2 N–H and O–H groups in total. The third-order valence-corrected chi connectivity index (χ3v) is 4.71. The Kier molecular flexibility index (Phi) is 3.57. The minimum atomic E-state index is -0.366. The first-order chi connectivity index (χ1) is 12.0. The van der Waals surface area contributed by atoms with E-state index < -0.39 is 0 Å². The summed E-state index contributed by atoms with van der Waals surface area (Å²) in [5.41, 5.74) is 9.22. The van der Waals surface area contributed by atoms with Gasteiger partial charge in [0.15, 0.2) is 5.88 Å². The lowest BCUT2D eigenvalue weighted by Crippen LogP contribution is -2.46. The van der Waals surface area contributed by atoms with Crippen LogP contribution in [0.15, 0.2) is 60.0 Å². The highest BCUT2D eigenvalue weighted by Gasteiger charge is 2.43. The summed E-state index contributed by atoms with van der Waals surface area (Å²) >= 11 is 0. The van der Waals surface area contributed by atoms with E-state index in [1.54, 1.807) is 0 Å². The molecule has 2 aromatic rings. The highest BCUT2D eigenvalue weighted by atomic mass is 16.5. The minimum Gasteiger partial charge on any atom is -0.441 e. The maximum atomic E-state index is 13.0. The van der Waals surface area contributed by atoms with Crippen molar-refractivity contribution < 1.29 is 14.3 Å². The zero-order valence-electron chi connectivity index (χ0n) is 13.9. The molecule has 5 heteroatoms. The molecule has 2 amide bonds. The van der Waals surface area contributed by atoms with Crippen LogP contribution in [0.5, 0.6) is 5.75 Å². The molecule has 2 heterocycles. The van der Waals surface area contributed by atoms with Crippen LogP contribution in [0.25, 0.3) is 0 Å². The number of hydrogen-bond donors (Lipinski definition) is 1. The van der Waals surface area contributed by atoms with Gasteiger partial charge in [0.05, 0.1) is 12.1 Å². The number of benzene rings is 2. The van der Waals surface area contributed by atoms with E-state index in [1.807, 2.05) is 55.5 Å². The molecule has 1 saturated heterocycles. The Balaban J connectivity index is 1.71. The fraction of sp³-hybridized carbons (Fsp3) is 0.200. The summed E-state index contributed by atoms with van der Waals surface area (Å²) in [7, 11) is 0. The number of imide groups is 1. The van der Waals surface area contributed by atoms with Crippen LogP contribution in [0.2, 0.25) is 0 Å². The van der Waals surface area contributed by atoms with E-state index in [-0.39, 0.29) is 36.6 Å². The summed E-state index contributed by atoms with van der Waals surface area (Å²) in [5, 5.41) is 0. The molecule has 0 aromatic heterocycles. The summed E-state index contributed by atoms with van der Waals surface area (Å²) in [6, 6.07) is 15.2. The number of likely N-dealkylation sites (tertiary alicyclic amines) is 1. The molecule has 0 aliphatic carbocycles. The van der Waals surface area contributed by atoms with Gasteiger partial charge in [0, 0.05) is 17.9 Å². The number of nitrogens with two attached hydrogens (primary N) is 1. The van der Waals surface area contributed by atoms with Gasteiger partial charge in [0.1, 0.15) is 5.75 Å². The second-order valence-electron chi connectivity index (χ2n) is 6.45. The van der Waals surface area contributed by atoms with Crippen molar-refractivity contribution in [2.75, 3.05) is 0 Å². The Morgan fingerprint density at radius 1 is 1.16 bits per heavy atom. The van der Waals surface area contributed by atoms with Gasteiger partial charge in [-0.3, -0.25) is 14.5 Å².